The molecule has 2 heteroatoms. The third kappa shape index (κ3) is 3.32. The van der Waals surface area contributed by atoms with Gasteiger partial charge in [0.1, 0.15) is 0 Å². The van der Waals surface area contributed by atoms with Gasteiger partial charge in [-0.1, -0.05) is 37.3 Å². The van der Waals surface area contributed by atoms with Gasteiger partial charge in [0, 0.05) is 12.6 Å². The van der Waals surface area contributed by atoms with E-state index in [4.69, 9.17) is 4.74 Å². The number of likely N-dealkylation sites (N-methyl/N-ethyl adjacent to an activating group) is 1. The van der Waals surface area contributed by atoms with Crippen molar-refractivity contribution in [2.75, 3.05) is 20.2 Å². The second-order valence-electron chi connectivity index (χ2n) is 4.10. The predicted octanol–water partition coefficient (Wildman–Crippen LogP) is 3.10. The summed E-state index contributed by atoms with van der Waals surface area (Å²) < 4.78 is 5.87. The normalized spacial score (nSPS) is 15.1. The van der Waals surface area contributed by atoms with Crippen molar-refractivity contribution in [2.24, 2.45) is 0 Å². The standard InChI is InChI=1S/C14H23NO/c1-5-15(4)12(3)14(16-6-2)13-10-8-7-9-11-13/h7-12,14H,5-6H2,1-4H3. The molecule has 0 saturated carbocycles. The predicted molar refractivity (Wildman–Crippen MR) is 68.6 cm³/mol. The van der Waals surface area contributed by atoms with E-state index < -0.39 is 0 Å². The van der Waals surface area contributed by atoms with Crippen LogP contribution in [0.4, 0.5) is 0 Å². The van der Waals surface area contributed by atoms with Gasteiger partial charge in [0.05, 0.1) is 6.10 Å². The molecule has 16 heavy (non-hydrogen) atoms. The van der Waals surface area contributed by atoms with Crippen LogP contribution < -0.4 is 0 Å². The molecule has 2 unspecified atom stereocenters. The number of ether oxygens (including phenoxy) is 1. The number of rotatable bonds is 6. The number of hydrogen-bond donors (Lipinski definition) is 0. The Balaban J connectivity index is 2.82. The number of hydrogen-bond acceptors (Lipinski definition) is 2. The van der Waals surface area contributed by atoms with Crippen molar-refractivity contribution in [3.63, 3.8) is 0 Å². The van der Waals surface area contributed by atoms with Crippen molar-refractivity contribution in [2.45, 2.75) is 32.9 Å². The zero-order valence-electron chi connectivity index (χ0n) is 10.8. The van der Waals surface area contributed by atoms with Gasteiger partial charge in [-0.2, -0.15) is 0 Å². The molecule has 0 amide bonds. The third-order valence-corrected chi connectivity index (χ3v) is 3.11. The highest BCUT2D eigenvalue weighted by atomic mass is 16.5. The summed E-state index contributed by atoms with van der Waals surface area (Å²) in [5.41, 5.74) is 1.26. The summed E-state index contributed by atoms with van der Waals surface area (Å²) >= 11 is 0. The fourth-order valence-corrected chi connectivity index (χ4v) is 1.86. The van der Waals surface area contributed by atoms with Crippen LogP contribution in [0.25, 0.3) is 0 Å². The van der Waals surface area contributed by atoms with E-state index in [-0.39, 0.29) is 6.10 Å². The first-order valence-electron chi connectivity index (χ1n) is 6.07. The molecule has 0 bridgehead atoms. The maximum atomic E-state index is 5.87. The van der Waals surface area contributed by atoms with E-state index in [0.717, 1.165) is 13.2 Å². The lowest BCUT2D eigenvalue weighted by atomic mass is 10.0. The summed E-state index contributed by atoms with van der Waals surface area (Å²) in [7, 11) is 2.14. The van der Waals surface area contributed by atoms with Crippen LogP contribution in [-0.4, -0.2) is 31.1 Å². The molecule has 2 atom stereocenters. The molecule has 0 aliphatic heterocycles. The van der Waals surface area contributed by atoms with Gasteiger partial charge in [-0.15, -0.1) is 0 Å². The molecule has 1 aromatic rings. The van der Waals surface area contributed by atoms with Crippen molar-refractivity contribution in [1.82, 2.24) is 4.90 Å². The highest BCUT2D eigenvalue weighted by Gasteiger charge is 2.21. The Morgan fingerprint density at radius 3 is 2.31 bits per heavy atom. The van der Waals surface area contributed by atoms with Gasteiger partial charge >= 0.3 is 0 Å². The van der Waals surface area contributed by atoms with Gasteiger partial charge in [-0.3, -0.25) is 0 Å². The van der Waals surface area contributed by atoms with Crippen LogP contribution in [0, 0.1) is 0 Å². The van der Waals surface area contributed by atoms with Crippen molar-refractivity contribution in [3.05, 3.63) is 35.9 Å². The van der Waals surface area contributed by atoms with Crippen molar-refractivity contribution >= 4 is 0 Å². The van der Waals surface area contributed by atoms with E-state index in [0.29, 0.717) is 6.04 Å². The van der Waals surface area contributed by atoms with Gasteiger partial charge < -0.3 is 9.64 Å². The maximum Gasteiger partial charge on any atom is 0.0976 e. The fourth-order valence-electron chi connectivity index (χ4n) is 1.86. The zero-order valence-corrected chi connectivity index (χ0v) is 10.8. The first-order valence-corrected chi connectivity index (χ1v) is 6.07. The van der Waals surface area contributed by atoms with Gasteiger partial charge in [-0.05, 0) is 33.0 Å². The molecule has 0 N–H and O–H groups in total. The van der Waals surface area contributed by atoms with Crippen molar-refractivity contribution < 1.29 is 4.74 Å². The Morgan fingerprint density at radius 2 is 1.81 bits per heavy atom. The molecule has 0 heterocycles. The minimum Gasteiger partial charge on any atom is -0.372 e. The largest absolute Gasteiger partial charge is 0.372 e. The summed E-state index contributed by atoms with van der Waals surface area (Å²) in [4.78, 5) is 2.31. The second-order valence-corrected chi connectivity index (χ2v) is 4.10. The lowest BCUT2D eigenvalue weighted by Gasteiger charge is -2.31. The molecule has 0 aromatic heterocycles. The van der Waals surface area contributed by atoms with Gasteiger partial charge in [0.15, 0.2) is 0 Å². The molecule has 0 radical (unpaired) electrons. The molecule has 90 valence electrons. The van der Waals surface area contributed by atoms with E-state index >= 15 is 0 Å². The van der Waals surface area contributed by atoms with E-state index in [1.165, 1.54) is 5.56 Å². The maximum absolute atomic E-state index is 5.87. The Labute approximate surface area is 99.2 Å². The number of benzene rings is 1. The quantitative estimate of drug-likeness (QED) is 0.732. The summed E-state index contributed by atoms with van der Waals surface area (Å²) in [5, 5.41) is 0. The van der Waals surface area contributed by atoms with Gasteiger partial charge in [0.25, 0.3) is 0 Å². The fraction of sp³-hybridized carbons (Fsp3) is 0.571. The second kappa shape index (κ2) is 6.66. The molecule has 0 fully saturated rings. The highest BCUT2D eigenvalue weighted by Crippen LogP contribution is 2.23. The molecule has 2 nitrogen and oxygen atoms in total. The van der Waals surface area contributed by atoms with Crippen molar-refractivity contribution in [3.8, 4) is 0 Å². The lowest BCUT2D eigenvalue weighted by molar-refractivity contribution is 0.00441. The Morgan fingerprint density at radius 1 is 1.19 bits per heavy atom. The molecular formula is C14H23NO. The summed E-state index contributed by atoms with van der Waals surface area (Å²) in [5.74, 6) is 0. The first kappa shape index (κ1) is 13.2. The van der Waals surface area contributed by atoms with Crippen LogP contribution in [0.3, 0.4) is 0 Å². The minimum absolute atomic E-state index is 0.163. The lowest BCUT2D eigenvalue weighted by Crippen LogP contribution is -2.35. The molecular weight excluding hydrogens is 198 g/mol. The Bertz CT molecular complexity index is 286. The highest BCUT2D eigenvalue weighted by molar-refractivity contribution is 5.19. The van der Waals surface area contributed by atoms with Crippen molar-refractivity contribution in [1.29, 1.82) is 0 Å². The monoisotopic (exact) mass is 221 g/mol. The Hall–Kier alpha value is -0.860. The van der Waals surface area contributed by atoms with Gasteiger partial charge in [-0.25, -0.2) is 0 Å². The van der Waals surface area contributed by atoms with Crippen LogP contribution in [0.2, 0.25) is 0 Å². The molecule has 0 aliphatic rings. The summed E-state index contributed by atoms with van der Waals surface area (Å²) in [6, 6.07) is 10.9. The Kier molecular flexibility index (Phi) is 5.50. The topological polar surface area (TPSA) is 12.5 Å². The molecule has 1 rings (SSSR count). The van der Waals surface area contributed by atoms with Crippen LogP contribution in [-0.2, 0) is 4.74 Å². The molecule has 0 saturated heterocycles. The van der Waals surface area contributed by atoms with Crippen LogP contribution in [0.15, 0.2) is 30.3 Å². The van der Waals surface area contributed by atoms with E-state index in [9.17, 15) is 0 Å². The van der Waals surface area contributed by atoms with E-state index in [1.807, 2.05) is 6.07 Å². The zero-order chi connectivity index (χ0) is 12.0. The smallest absolute Gasteiger partial charge is 0.0976 e. The molecule has 0 spiro atoms. The summed E-state index contributed by atoms with van der Waals surface area (Å²) in [6.07, 6.45) is 0.163. The molecule has 1 aromatic carbocycles. The third-order valence-electron chi connectivity index (χ3n) is 3.11. The number of nitrogens with zero attached hydrogens (tertiary/aromatic N) is 1. The molecule has 0 aliphatic carbocycles. The van der Waals surface area contributed by atoms with Crippen LogP contribution in [0.5, 0.6) is 0 Å². The first-order chi connectivity index (χ1) is 7.70. The van der Waals surface area contributed by atoms with E-state index in [1.54, 1.807) is 0 Å². The summed E-state index contributed by atoms with van der Waals surface area (Å²) in [6.45, 7) is 8.23. The van der Waals surface area contributed by atoms with E-state index in [2.05, 4.69) is 57.0 Å². The SMILES string of the molecule is CCOC(c1ccccc1)C(C)N(C)CC. The van der Waals surface area contributed by atoms with Crippen LogP contribution in [0.1, 0.15) is 32.4 Å². The van der Waals surface area contributed by atoms with Crippen LogP contribution >= 0.6 is 0 Å². The average molecular weight is 221 g/mol. The van der Waals surface area contributed by atoms with Gasteiger partial charge in [0.2, 0.25) is 0 Å². The minimum atomic E-state index is 0.163. The average Bonchev–Trinajstić information content (AvgIpc) is 2.35.